The minimum atomic E-state index is -0.578. The van der Waals surface area contributed by atoms with Crippen LogP contribution in [-0.2, 0) is 9.47 Å². The lowest BCUT2D eigenvalue weighted by Crippen LogP contribution is -2.28. The number of ether oxygens (including phenoxy) is 2. The quantitative estimate of drug-likeness (QED) is 0.722. The van der Waals surface area contributed by atoms with Crippen molar-refractivity contribution in [2.45, 2.75) is 27.2 Å². The maximum Gasteiger partial charge on any atom is 0.338 e. The van der Waals surface area contributed by atoms with Crippen molar-refractivity contribution in [2.75, 3.05) is 26.8 Å². The Balaban J connectivity index is 3.25. The summed E-state index contributed by atoms with van der Waals surface area (Å²) in [7, 11) is 1.67. The van der Waals surface area contributed by atoms with Gasteiger partial charge >= 0.3 is 11.9 Å². The first-order chi connectivity index (χ1) is 10.9. The highest BCUT2D eigenvalue weighted by Crippen LogP contribution is 2.15. The fourth-order valence-corrected chi connectivity index (χ4v) is 2.07. The molecule has 0 saturated carbocycles. The van der Waals surface area contributed by atoms with Gasteiger partial charge in [-0.2, -0.15) is 0 Å². The van der Waals surface area contributed by atoms with E-state index in [1.807, 2.05) is 6.92 Å². The predicted octanol–water partition coefficient (Wildman–Crippen LogP) is 2.52. The van der Waals surface area contributed by atoms with E-state index >= 15 is 0 Å². The summed E-state index contributed by atoms with van der Waals surface area (Å²) in [6.45, 7) is 6.34. The standard InChI is InChI=1S/C17H23NO5/c1-5-8-18(4)15(19)12-9-13(16(20)22-6-2)11-14(10-12)17(21)23-7-3/h9-11H,5-8H2,1-4H3. The summed E-state index contributed by atoms with van der Waals surface area (Å²) in [5.74, 6) is -1.42. The number of benzene rings is 1. The average Bonchev–Trinajstić information content (AvgIpc) is 2.54. The van der Waals surface area contributed by atoms with Crippen LogP contribution in [0.1, 0.15) is 58.3 Å². The number of hydrogen-bond acceptors (Lipinski definition) is 5. The lowest BCUT2D eigenvalue weighted by atomic mass is 10.0. The van der Waals surface area contributed by atoms with Gasteiger partial charge in [-0.25, -0.2) is 9.59 Å². The molecule has 0 heterocycles. The van der Waals surface area contributed by atoms with Gasteiger partial charge in [0.15, 0.2) is 0 Å². The third-order valence-electron chi connectivity index (χ3n) is 3.11. The molecule has 0 aliphatic heterocycles. The second-order valence-corrected chi connectivity index (χ2v) is 4.97. The summed E-state index contributed by atoms with van der Waals surface area (Å²) >= 11 is 0. The minimum absolute atomic E-state index is 0.158. The molecule has 0 aliphatic rings. The van der Waals surface area contributed by atoms with E-state index < -0.39 is 11.9 Å². The Morgan fingerprint density at radius 3 is 1.70 bits per heavy atom. The Kier molecular flexibility index (Phi) is 7.25. The molecule has 0 aliphatic carbocycles. The molecule has 6 nitrogen and oxygen atoms in total. The normalized spacial score (nSPS) is 10.1. The molecule has 0 N–H and O–H groups in total. The number of esters is 2. The summed E-state index contributed by atoms with van der Waals surface area (Å²) in [4.78, 5) is 37.9. The third kappa shape index (κ3) is 5.09. The molecule has 0 atom stereocenters. The highest BCUT2D eigenvalue weighted by molar-refractivity contribution is 6.02. The summed E-state index contributed by atoms with van der Waals surface area (Å²) in [6.07, 6.45) is 0.810. The van der Waals surface area contributed by atoms with Crippen molar-refractivity contribution in [1.82, 2.24) is 4.90 Å². The zero-order chi connectivity index (χ0) is 17.4. The lowest BCUT2D eigenvalue weighted by Gasteiger charge is -2.17. The van der Waals surface area contributed by atoms with Crippen molar-refractivity contribution < 1.29 is 23.9 Å². The molecule has 0 aromatic heterocycles. The Hall–Kier alpha value is -2.37. The highest BCUT2D eigenvalue weighted by Gasteiger charge is 2.19. The largest absolute Gasteiger partial charge is 0.462 e. The number of nitrogens with zero attached hydrogens (tertiary/aromatic N) is 1. The number of rotatable bonds is 7. The lowest BCUT2D eigenvalue weighted by molar-refractivity contribution is 0.0525. The monoisotopic (exact) mass is 321 g/mol. The van der Waals surface area contributed by atoms with Gasteiger partial charge in [0.05, 0.1) is 24.3 Å². The first-order valence-corrected chi connectivity index (χ1v) is 7.69. The van der Waals surface area contributed by atoms with Gasteiger partial charge in [0.1, 0.15) is 0 Å². The highest BCUT2D eigenvalue weighted by atomic mass is 16.5. The molecule has 1 amide bonds. The topological polar surface area (TPSA) is 72.9 Å². The zero-order valence-electron chi connectivity index (χ0n) is 14.0. The van der Waals surface area contributed by atoms with E-state index in [1.165, 1.54) is 18.2 Å². The Morgan fingerprint density at radius 2 is 1.30 bits per heavy atom. The molecule has 1 rings (SSSR count). The molecule has 0 unspecified atom stereocenters. The summed E-state index contributed by atoms with van der Waals surface area (Å²) < 4.78 is 9.90. The fraction of sp³-hybridized carbons (Fsp3) is 0.471. The van der Waals surface area contributed by atoms with E-state index in [0.29, 0.717) is 6.54 Å². The van der Waals surface area contributed by atoms with Gasteiger partial charge in [-0.15, -0.1) is 0 Å². The number of carbonyl (C=O) groups excluding carboxylic acids is 3. The molecule has 0 saturated heterocycles. The predicted molar refractivity (Wildman–Crippen MR) is 85.6 cm³/mol. The number of hydrogen-bond donors (Lipinski definition) is 0. The molecular formula is C17H23NO5. The SMILES string of the molecule is CCCN(C)C(=O)c1cc(C(=O)OCC)cc(C(=O)OCC)c1. The Morgan fingerprint density at radius 1 is 0.870 bits per heavy atom. The van der Waals surface area contributed by atoms with Gasteiger partial charge in [-0.05, 0) is 38.5 Å². The van der Waals surface area contributed by atoms with Gasteiger partial charge in [0.25, 0.3) is 5.91 Å². The van der Waals surface area contributed by atoms with Crippen LogP contribution in [0.4, 0.5) is 0 Å². The average molecular weight is 321 g/mol. The van der Waals surface area contributed by atoms with Crippen molar-refractivity contribution in [1.29, 1.82) is 0 Å². The van der Waals surface area contributed by atoms with E-state index in [0.717, 1.165) is 6.42 Å². The van der Waals surface area contributed by atoms with E-state index in [-0.39, 0.29) is 35.8 Å². The molecule has 1 aromatic rings. The van der Waals surface area contributed by atoms with Crippen LogP contribution < -0.4 is 0 Å². The third-order valence-corrected chi connectivity index (χ3v) is 3.11. The van der Waals surface area contributed by atoms with Gasteiger partial charge in [0, 0.05) is 19.2 Å². The first-order valence-electron chi connectivity index (χ1n) is 7.69. The second kappa shape index (κ2) is 8.92. The van der Waals surface area contributed by atoms with Crippen molar-refractivity contribution in [3.05, 3.63) is 34.9 Å². The smallest absolute Gasteiger partial charge is 0.338 e. The molecule has 126 valence electrons. The summed E-state index contributed by atoms with van der Waals surface area (Å²) in [6, 6.07) is 4.26. The molecule has 23 heavy (non-hydrogen) atoms. The molecule has 0 spiro atoms. The summed E-state index contributed by atoms with van der Waals surface area (Å²) in [5.41, 5.74) is 0.575. The van der Waals surface area contributed by atoms with E-state index in [9.17, 15) is 14.4 Å². The Bertz CT molecular complexity index is 546. The molecular weight excluding hydrogens is 298 g/mol. The minimum Gasteiger partial charge on any atom is -0.462 e. The van der Waals surface area contributed by atoms with Crippen LogP contribution in [0.5, 0.6) is 0 Å². The molecule has 0 fully saturated rings. The molecule has 0 bridgehead atoms. The van der Waals surface area contributed by atoms with Crippen LogP contribution in [0, 0.1) is 0 Å². The maximum atomic E-state index is 12.4. The van der Waals surface area contributed by atoms with Crippen molar-refractivity contribution in [2.24, 2.45) is 0 Å². The van der Waals surface area contributed by atoms with E-state index in [2.05, 4.69) is 0 Å². The van der Waals surface area contributed by atoms with Crippen LogP contribution >= 0.6 is 0 Å². The van der Waals surface area contributed by atoms with Gasteiger partial charge < -0.3 is 14.4 Å². The second-order valence-electron chi connectivity index (χ2n) is 4.97. The molecule has 1 aromatic carbocycles. The van der Waals surface area contributed by atoms with Crippen molar-refractivity contribution in [3.8, 4) is 0 Å². The fourth-order valence-electron chi connectivity index (χ4n) is 2.07. The van der Waals surface area contributed by atoms with Crippen molar-refractivity contribution in [3.63, 3.8) is 0 Å². The van der Waals surface area contributed by atoms with Crippen LogP contribution in [0.25, 0.3) is 0 Å². The van der Waals surface area contributed by atoms with E-state index in [4.69, 9.17) is 9.47 Å². The summed E-state index contributed by atoms with van der Waals surface area (Å²) in [5, 5.41) is 0. The zero-order valence-corrected chi connectivity index (χ0v) is 14.0. The first kappa shape index (κ1) is 18.7. The number of amides is 1. The van der Waals surface area contributed by atoms with Crippen LogP contribution in [0.2, 0.25) is 0 Å². The van der Waals surface area contributed by atoms with Gasteiger partial charge in [-0.1, -0.05) is 6.92 Å². The maximum absolute atomic E-state index is 12.4. The van der Waals surface area contributed by atoms with Gasteiger partial charge in [0.2, 0.25) is 0 Å². The molecule has 6 heteroatoms. The van der Waals surface area contributed by atoms with Crippen molar-refractivity contribution >= 4 is 17.8 Å². The van der Waals surface area contributed by atoms with Crippen LogP contribution in [0.3, 0.4) is 0 Å². The number of carbonyl (C=O) groups is 3. The Labute approximate surface area is 136 Å². The molecule has 0 radical (unpaired) electrons. The van der Waals surface area contributed by atoms with Crippen LogP contribution in [0.15, 0.2) is 18.2 Å². The van der Waals surface area contributed by atoms with Gasteiger partial charge in [-0.3, -0.25) is 4.79 Å². The van der Waals surface area contributed by atoms with Crippen LogP contribution in [-0.4, -0.2) is 49.6 Å². The van der Waals surface area contributed by atoms with E-state index in [1.54, 1.807) is 25.8 Å².